The standard InChI is InChI=1S/C32H26O4.C12H22O3S.C2H6/c33-27-13-5-23(6-14-27)31(24-7-15-28(34)16-8-24)21-1-2-22(4-3-21)32(25-9-17-29(35)18-10-25)26-11-19-30(36)20-12-26;1-10(2)7-9-5-6-12(10,11(9,3)4)8-16(13,14)15;1-2/h1-20,31-36H;9H,5-8H2,1-4H3,(H,13,14,15);1-2H3. The van der Waals surface area contributed by atoms with Crippen LogP contribution in [0.3, 0.4) is 0 Å². The molecule has 2 fully saturated rings. The number of aromatic hydroxyl groups is 4. The van der Waals surface area contributed by atoms with E-state index in [2.05, 4.69) is 52.0 Å². The zero-order valence-electron chi connectivity index (χ0n) is 32.1. The van der Waals surface area contributed by atoms with Crippen LogP contribution in [0, 0.1) is 22.2 Å². The molecular weight excluding hydrogens is 697 g/mol. The lowest BCUT2D eigenvalue weighted by Crippen LogP contribution is -2.45. The van der Waals surface area contributed by atoms with Crippen molar-refractivity contribution >= 4 is 10.1 Å². The first-order valence-corrected chi connectivity index (χ1v) is 20.3. The van der Waals surface area contributed by atoms with Crippen molar-refractivity contribution in [2.45, 2.75) is 72.6 Å². The second kappa shape index (κ2) is 15.9. The van der Waals surface area contributed by atoms with Gasteiger partial charge in [0.15, 0.2) is 0 Å². The van der Waals surface area contributed by atoms with Crippen LogP contribution in [0.1, 0.15) is 106 Å². The summed E-state index contributed by atoms with van der Waals surface area (Å²) in [6, 6.07) is 37.2. The van der Waals surface area contributed by atoms with Gasteiger partial charge in [0.05, 0.1) is 5.75 Å². The van der Waals surface area contributed by atoms with Crippen LogP contribution in [0.5, 0.6) is 23.0 Å². The van der Waals surface area contributed by atoms with Gasteiger partial charge in [0.2, 0.25) is 0 Å². The Kier molecular flexibility index (Phi) is 11.9. The van der Waals surface area contributed by atoms with Crippen LogP contribution in [0.2, 0.25) is 0 Å². The van der Waals surface area contributed by atoms with Crippen LogP contribution in [0.25, 0.3) is 0 Å². The molecule has 2 saturated carbocycles. The van der Waals surface area contributed by atoms with Crippen molar-refractivity contribution in [1.82, 2.24) is 0 Å². The molecule has 0 radical (unpaired) electrons. The quantitative estimate of drug-likeness (QED) is 0.0787. The molecule has 0 spiro atoms. The highest BCUT2D eigenvalue weighted by molar-refractivity contribution is 7.85. The second-order valence-corrected chi connectivity index (χ2v) is 17.2. The molecule has 286 valence electrons. The Morgan fingerprint density at radius 1 is 0.537 bits per heavy atom. The number of hydrogen-bond donors (Lipinski definition) is 5. The number of benzene rings is 5. The highest BCUT2D eigenvalue weighted by Crippen LogP contribution is 2.73. The molecule has 7 nitrogen and oxygen atoms in total. The van der Waals surface area contributed by atoms with E-state index in [9.17, 15) is 33.4 Å². The maximum Gasteiger partial charge on any atom is 0.265 e. The van der Waals surface area contributed by atoms with E-state index in [-0.39, 0.29) is 56.8 Å². The lowest BCUT2D eigenvalue weighted by molar-refractivity contribution is 0.0454. The van der Waals surface area contributed by atoms with Crippen molar-refractivity contribution in [1.29, 1.82) is 0 Å². The van der Waals surface area contributed by atoms with E-state index in [0.717, 1.165) is 52.6 Å². The van der Waals surface area contributed by atoms with E-state index in [1.165, 1.54) is 0 Å². The Morgan fingerprint density at radius 2 is 0.796 bits per heavy atom. The van der Waals surface area contributed by atoms with Gasteiger partial charge in [0.1, 0.15) is 23.0 Å². The summed E-state index contributed by atoms with van der Waals surface area (Å²) in [6.07, 6.45) is 3.11. The van der Waals surface area contributed by atoms with Crippen LogP contribution in [0.4, 0.5) is 0 Å². The maximum absolute atomic E-state index is 11.3. The van der Waals surface area contributed by atoms with Crippen molar-refractivity contribution in [2.75, 3.05) is 5.75 Å². The molecule has 0 aliphatic heterocycles. The molecule has 0 heterocycles. The fraction of sp³-hybridized carbons (Fsp3) is 0.348. The summed E-state index contributed by atoms with van der Waals surface area (Å²) in [6.45, 7) is 12.6. The Hall–Kier alpha value is -4.79. The lowest BCUT2D eigenvalue weighted by atomic mass is 9.60. The van der Waals surface area contributed by atoms with Crippen LogP contribution < -0.4 is 0 Å². The minimum Gasteiger partial charge on any atom is -0.508 e. The molecule has 7 rings (SSSR count). The molecule has 0 amide bonds. The molecule has 8 heteroatoms. The summed E-state index contributed by atoms with van der Waals surface area (Å²) in [5.74, 6) is 1.21. The minimum atomic E-state index is -3.89. The van der Waals surface area contributed by atoms with Crippen molar-refractivity contribution < 1.29 is 33.4 Å². The average Bonchev–Trinajstić information content (AvgIpc) is 3.45. The second-order valence-electron chi connectivity index (χ2n) is 15.8. The SMILES string of the molecule is CC.CC1(C)CC2CCC1(CS(=O)(=O)O)C2(C)C.Oc1ccc(C(c2ccc(O)cc2)c2ccc(C(c3ccc(O)cc3)c3ccc(O)cc3)cc2)cc1. The molecule has 5 aromatic carbocycles. The van der Waals surface area contributed by atoms with Crippen LogP contribution in [0.15, 0.2) is 121 Å². The van der Waals surface area contributed by atoms with Gasteiger partial charge >= 0.3 is 0 Å². The number of hydrogen-bond acceptors (Lipinski definition) is 6. The van der Waals surface area contributed by atoms with E-state index < -0.39 is 10.1 Å². The average molecular weight is 751 g/mol. The molecule has 2 aliphatic rings. The van der Waals surface area contributed by atoms with Gasteiger partial charge in [0, 0.05) is 11.8 Å². The molecule has 2 atom stereocenters. The molecule has 2 bridgehead atoms. The highest BCUT2D eigenvalue weighted by atomic mass is 32.2. The Balaban J connectivity index is 0.000000260. The molecule has 54 heavy (non-hydrogen) atoms. The highest BCUT2D eigenvalue weighted by Gasteiger charge is 2.68. The van der Waals surface area contributed by atoms with Gasteiger partial charge < -0.3 is 20.4 Å². The van der Waals surface area contributed by atoms with Gasteiger partial charge in [-0.1, -0.05) is 114 Å². The van der Waals surface area contributed by atoms with E-state index >= 15 is 0 Å². The van der Waals surface area contributed by atoms with Crippen LogP contribution >= 0.6 is 0 Å². The number of rotatable bonds is 8. The molecule has 2 aliphatic carbocycles. The van der Waals surface area contributed by atoms with Crippen molar-refractivity contribution in [2.24, 2.45) is 22.2 Å². The van der Waals surface area contributed by atoms with Gasteiger partial charge in [-0.05, 0) is 123 Å². The Morgan fingerprint density at radius 3 is 1.00 bits per heavy atom. The lowest BCUT2D eigenvalue weighted by Gasteiger charge is -2.46. The van der Waals surface area contributed by atoms with E-state index in [1.807, 2.05) is 62.4 Å². The van der Waals surface area contributed by atoms with Crippen molar-refractivity contribution in [3.05, 3.63) is 155 Å². The zero-order valence-corrected chi connectivity index (χ0v) is 32.9. The van der Waals surface area contributed by atoms with Crippen LogP contribution in [-0.4, -0.2) is 39.1 Å². The molecule has 2 unspecified atom stereocenters. The molecule has 0 saturated heterocycles. The molecule has 5 N–H and O–H groups in total. The minimum absolute atomic E-state index is 0.00914. The van der Waals surface area contributed by atoms with E-state index in [4.69, 9.17) is 0 Å². The summed E-state index contributed by atoms with van der Waals surface area (Å²) in [4.78, 5) is 0. The fourth-order valence-electron chi connectivity index (χ4n) is 9.34. The van der Waals surface area contributed by atoms with Crippen LogP contribution in [-0.2, 0) is 10.1 Å². The monoisotopic (exact) mass is 750 g/mol. The first-order valence-electron chi connectivity index (χ1n) is 18.7. The van der Waals surface area contributed by atoms with Crippen molar-refractivity contribution in [3.63, 3.8) is 0 Å². The summed E-state index contributed by atoms with van der Waals surface area (Å²) in [7, 11) is -3.89. The Labute approximate surface area is 320 Å². The van der Waals surface area contributed by atoms with Crippen molar-refractivity contribution in [3.8, 4) is 23.0 Å². The van der Waals surface area contributed by atoms with Gasteiger partial charge in [0.25, 0.3) is 10.1 Å². The normalized spacial score (nSPS) is 19.5. The Bertz CT molecular complexity index is 1880. The predicted octanol–water partition coefficient (Wildman–Crippen LogP) is 10.6. The summed E-state index contributed by atoms with van der Waals surface area (Å²) in [5.41, 5.74) is 6.04. The topological polar surface area (TPSA) is 135 Å². The molecular formula is C46H54O7S. The summed E-state index contributed by atoms with van der Waals surface area (Å²) < 4.78 is 31.8. The third-order valence-electron chi connectivity index (χ3n) is 12.2. The number of fused-ring (bicyclic) bond motifs is 2. The van der Waals surface area contributed by atoms with E-state index in [1.54, 1.807) is 48.5 Å². The first kappa shape index (κ1) is 40.4. The maximum atomic E-state index is 11.3. The third kappa shape index (κ3) is 8.30. The number of phenolic OH excluding ortho intramolecular Hbond substituents is 4. The van der Waals surface area contributed by atoms with Gasteiger partial charge in [-0.15, -0.1) is 0 Å². The van der Waals surface area contributed by atoms with Gasteiger partial charge in [-0.25, -0.2) is 0 Å². The first-order chi connectivity index (χ1) is 25.5. The molecule has 5 aromatic rings. The smallest absolute Gasteiger partial charge is 0.265 e. The molecule has 0 aromatic heterocycles. The largest absolute Gasteiger partial charge is 0.508 e. The summed E-state index contributed by atoms with van der Waals surface area (Å²) >= 11 is 0. The van der Waals surface area contributed by atoms with E-state index in [0.29, 0.717) is 5.92 Å². The van der Waals surface area contributed by atoms with Gasteiger partial charge in [-0.3, -0.25) is 4.55 Å². The number of phenols is 4. The summed E-state index contributed by atoms with van der Waals surface area (Å²) in [5, 5.41) is 39.2. The third-order valence-corrected chi connectivity index (χ3v) is 13.0. The fourth-order valence-corrected chi connectivity index (χ4v) is 10.9. The van der Waals surface area contributed by atoms with Gasteiger partial charge in [-0.2, -0.15) is 8.42 Å². The zero-order chi connectivity index (χ0) is 39.5. The predicted molar refractivity (Wildman–Crippen MR) is 216 cm³/mol.